The van der Waals surface area contributed by atoms with Gasteiger partial charge in [-0.2, -0.15) is 5.10 Å². The second-order valence-electron chi connectivity index (χ2n) is 8.37. The summed E-state index contributed by atoms with van der Waals surface area (Å²) in [6.45, 7) is 0.578. The molecule has 0 unspecified atom stereocenters. The molecule has 2 heterocycles. The van der Waals surface area contributed by atoms with Crippen LogP contribution in [-0.2, 0) is 13.7 Å². The normalized spacial score (nSPS) is 10.9. The highest BCUT2D eigenvalue weighted by atomic mass is 16.5. The van der Waals surface area contributed by atoms with Crippen molar-refractivity contribution in [2.45, 2.75) is 6.61 Å². The summed E-state index contributed by atoms with van der Waals surface area (Å²) in [6.07, 6.45) is 0.851. The predicted octanol–water partition coefficient (Wildman–Crippen LogP) is 3.94. The number of ether oxygens (including phenoxy) is 2. The SMILES string of the molecule is Cn1ccc2cc(-n3c(-c4ccc(OCCNC(=O)O)cc4OCc4ccccc4)n[nH]c3=O)ccc21. The number of aromatic amines is 1. The number of rotatable bonds is 9. The van der Waals surface area contributed by atoms with Crippen molar-refractivity contribution in [3.05, 3.63) is 95.0 Å². The van der Waals surface area contributed by atoms with Crippen LogP contribution in [0.25, 0.3) is 28.0 Å². The number of H-pyrrole nitrogens is 1. The summed E-state index contributed by atoms with van der Waals surface area (Å²) in [5.74, 6) is 1.35. The minimum absolute atomic E-state index is 0.137. The topological polar surface area (TPSA) is 123 Å². The van der Waals surface area contributed by atoms with E-state index in [1.54, 1.807) is 18.2 Å². The van der Waals surface area contributed by atoms with Gasteiger partial charge < -0.3 is 24.5 Å². The zero-order valence-electron chi connectivity index (χ0n) is 20.0. The maximum absolute atomic E-state index is 12.9. The lowest BCUT2D eigenvalue weighted by Gasteiger charge is -2.15. The molecule has 10 heteroatoms. The van der Waals surface area contributed by atoms with Crippen LogP contribution in [0.15, 0.2) is 83.8 Å². The Kier molecular flexibility index (Phi) is 6.62. The van der Waals surface area contributed by atoms with E-state index in [1.807, 2.05) is 72.4 Å². The molecule has 37 heavy (non-hydrogen) atoms. The molecule has 0 aliphatic heterocycles. The molecule has 0 bridgehead atoms. The number of aromatic nitrogens is 4. The zero-order valence-corrected chi connectivity index (χ0v) is 20.0. The molecule has 0 aliphatic carbocycles. The van der Waals surface area contributed by atoms with E-state index >= 15 is 0 Å². The summed E-state index contributed by atoms with van der Waals surface area (Å²) in [5.41, 5.74) is 2.91. The Balaban J connectivity index is 1.51. The highest BCUT2D eigenvalue weighted by molar-refractivity contribution is 5.82. The number of nitrogens with zero attached hydrogens (tertiary/aromatic N) is 3. The van der Waals surface area contributed by atoms with Crippen LogP contribution in [0.5, 0.6) is 11.5 Å². The van der Waals surface area contributed by atoms with Gasteiger partial charge in [-0.05, 0) is 42.0 Å². The predicted molar refractivity (Wildman–Crippen MR) is 138 cm³/mol. The van der Waals surface area contributed by atoms with Gasteiger partial charge in [-0.15, -0.1) is 0 Å². The third kappa shape index (κ3) is 5.18. The van der Waals surface area contributed by atoms with Crippen molar-refractivity contribution < 1.29 is 19.4 Å². The highest BCUT2D eigenvalue weighted by Gasteiger charge is 2.18. The van der Waals surface area contributed by atoms with Crippen LogP contribution in [-0.4, -0.2) is 43.7 Å². The van der Waals surface area contributed by atoms with E-state index in [9.17, 15) is 9.59 Å². The van der Waals surface area contributed by atoms with Gasteiger partial charge in [0.25, 0.3) is 0 Å². The quantitative estimate of drug-likeness (QED) is 0.264. The van der Waals surface area contributed by atoms with E-state index in [2.05, 4.69) is 15.5 Å². The summed E-state index contributed by atoms with van der Waals surface area (Å²) in [4.78, 5) is 23.5. The third-order valence-corrected chi connectivity index (χ3v) is 5.88. The number of carbonyl (C=O) groups is 1. The second-order valence-corrected chi connectivity index (χ2v) is 8.37. The largest absolute Gasteiger partial charge is 0.492 e. The van der Waals surface area contributed by atoms with Crippen molar-refractivity contribution in [3.63, 3.8) is 0 Å². The Labute approximate surface area is 211 Å². The highest BCUT2D eigenvalue weighted by Crippen LogP contribution is 2.34. The zero-order chi connectivity index (χ0) is 25.8. The van der Waals surface area contributed by atoms with Gasteiger partial charge in [0.2, 0.25) is 0 Å². The maximum atomic E-state index is 12.9. The van der Waals surface area contributed by atoms with Gasteiger partial charge in [-0.3, -0.25) is 0 Å². The minimum atomic E-state index is -1.11. The smallest absolute Gasteiger partial charge is 0.404 e. The van der Waals surface area contributed by atoms with Crippen LogP contribution in [0.3, 0.4) is 0 Å². The van der Waals surface area contributed by atoms with Crippen molar-refractivity contribution >= 4 is 17.0 Å². The van der Waals surface area contributed by atoms with E-state index < -0.39 is 6.09 Å². The second kappa shape index (κ2) is 10.3. The fraction of sp³-hybridized carbons (Fsp3) is 0.148. The van der Waals surface area contributed by atoms with Crippen LogP contribution in [0.1, 0.15) is 5.56 Å². The van der Waals surface area contributed by atoms with E-state index in [1.165, 1.54) is 4.57 Å². The molecule has 3 aromatic carbocycles. The van der Waals surface area contributed by atoms with Crippen LogP contribution < -0.4 is 20.5 Å². The van der Waals surface area contributed by atoms with Crippen molar-refractivity contribution in [1.29, 1.82) is 0 Å². The Morgan fingerprint density at radius 2 is 1.89 bits per heavy atom. The van der Waals surface area contributed by atoms with Gasteiger partial charge in [-0.25, -0.2) is 19.3 Å². The maximum Gasteiger partial charge on any atom is 0.404 e. The van der Waals surface area contributed by atoms with Gasteiger partial charge in [0.1, 0.15) is 24.7 Å². The molecule has 0 saturated carbocycles. The molecule has 0 atom stereocenters. The number of benzene rings is 3. The van der Waals surface area contributed by atoms with Crippen LogP contribution in [0.2, 0.25) is 0 Å². The number of nitrogens with one attached hydrogen (secondary N) is 2. The van der Waals surface area contributed by atoms with Crippen molar-refractivity contribution in [3.8, 4) is 28.6 Å². The molecule has 5 aromatic rings. The molecule has 3 N–H and O–H groups in total. The van der Waals surface area contributed by atoms with Gasteiger partial charge in [-0.1, -0.05) is 30.3 Å². The number of amides is 1. The third-order valence-electron chi connectivity index (χ3n) is 5.88. The fourth-order valence-electron chi connectivity index (χ4n) is 4.08. The number of fused-ring (bicyclic) bond motifs is 1. The summed E-state index contributed by atoms with van der Waals surface area (Å²) < 4.78 is 15.4. The molecule has 0 radical (unpaired) electrons. The Morgan fingerprint density at radius 1 is 1.05 bits per heavy atom. The lowest BCUT2D eigenvalue weighted by molar-refractivity contribution is 0.191. The summed E-state index contributed by atoms with van der Waals surface area (Å²) in [7, 11) is 1.97. The Hall–Kier alpha value is -4.99. The van der Waals surface area contributed by atoms with Crippen LogP contribution in [0.4, 0.5) is 4.79 Å². The molecule has 1 amide bonds. The molecule has 2 aromatic heterocycles. The van der Waals surface area contributed by atoms with E-state index in [-0.39, 0.29) is 18.8 Å². The summed E-state index contributed by atoms with van der Waals surface area (Å²) in [6, 6.07) is 22.7. The van der Waals surface area contributed by atoms with Crippen LogP contribution >= 0.6 is 0 Å². The molecule has 0 spiro atoms. The Morgan fingerprint density at radius 3 is 2.70 bits per heavy atom. The summed E-state index contributed by atoms with van der Waals surface area (Å²) >= 11 is 0. The minimum Gasteiger partial charge on any atom is -0.492 e. The van der Waals surface area contributed by atoms with E-state index in [4.69, 9.17) is 14.6 Å². The van der Waals surface area contributed by atoms with Crippen molar-refractivity contribution in [2.75, 3.05) is 13.2 Å². The first kappa shape index (κ1) is 23.7. The number of carboxylic acid groups (broad SMARTS) is 1. The van der Waals surface area contributed by atoms with E-state index in [0.717, 1.165) is 16.5 Å². The first-order valence-corrected chi connectivity index (χ1v) is 11.6. The van der Waals surface area contributed by atoms with Gasteiger partial charge >= 0.3 is 11.8 Å². The van der Waals surface area contributed by atoms with Gasteiger partial charge in [0.15, 0.2) is 5.82 Å². The molecular formula is C27H25N5O5. The molecule has 188 valence electrons. The number of aryl methyl sites for hydroxylation is 1. The molecule has 0 saturated heterocycles. The van der Waals surface area contributed by atoms with Gasteiger partial charge in [0.05, 0.1) is 17.8 Å². The molecule has 10 nitrogen and oxygen atoms in total. The van der Waals surface area contributed by atoms with Crippen molar-refractivity contribution in [2.24, 2.45) is 7.05 Å². The fourth-order valence-corrected chi connectivity index (χ4v) is 4.08. The lowest BCUT2D eigenvalue weighted by atomic mass is 10.1. The van der Waals surface area contributed by atoms with Crippen molar-refractivity contribution in [1.82, 2.24) is 24.6 Å². The monoisotopic (exact) mass is 499 g/mol. The lowest BCUT2D eigenvalue weighted by Crippen LogP contribution is -2.26. The van der Waals surface area contributed by atoms with E-state index in [0.29, 0.717) is 35.2 Å². The number of hydrogen-bond acceptors (Lipinski definition) is 5. The first-order valence-electron chi connectivity index (χ1n) is 11.6. The molecule has 0 aliphatic rings. The van der Waals surface area contributed by atoms with Gasteiger partial charge in [0, 0.05) is 30.2 Å². The number of hydrogen-bond donors (Lipinski definition) is 3. The molecular weight excluding hydrogens is 474 g/mol. The summed E-state index contributed by atoms with van der Waals surface area (Å²) in [5, 5.41) is 18.9. The average Bonchev–Trinajstić information content (AvgIpc) is 3.47. The molecule has 5 rings (SSSR count). The first-order chi connectivity index (χ1) is 18.0. The standard InChI is InChI=1S/C27H25N5O5/c1-31-13-11-19-15-20(7-10-23(19)31)32-25(29-30-26(32)33)22-9-8-21(36-14-12-28-27(34)35)16-24(22)37-17-18-5-3-2-4-6-18/h2-11,13,15-16,28H,12,14,17H2,1H3,(H,30,33)(H,34,35). The molecule has 0 fully saturated rings. The Bertz CT molecular complexity index is 1600. The average molecular weight is 500 g/mol. The van der Waals surface area contributed by atoms with Crippen LogP contribution in [0, 0.1) is 0 Å².